The van der Waals surface area contributed by atoms with Crippen molar-refractivity contribution in [1.82, 2.24) is 10.2 Å². The van der Waals surface area contributed by atoms with Crippen LogP contribution in [0, 0.1) is 0 Å². The quantitative estimate of drug-likeness (QED) is 0.0999. The van der Waals surface area contributed by atoms with Gasteiger partial charge in [-0.3, -0.25) is 29.4 Å². The molecule has 0 radical (unpaired) electrons. The Bertz CT molecular complexity index is 941. The molecular formula is C29H46N4O11. The first-order valence-corrected chi connectivity index (χ1v) is 14.8. The first kappa shape index (κ1) is 37.3. The topological polar surface area (TPSA) is 200 Å². The number of carbonyl (C=O) groups is 4. The van der Waals surface area contributed by atoms with E-state index >= 15 is 0 Å². The van der Waals surface area contributed by atoms with Crippen molar-refractivity contribution in [2.45, 2.75) is 18.9 Å². The number of nitrogens with zero attached hydrogens (tertiary/aromatic N) is 1. The van der Waals surface area contributed by atoms with Crippen LogP contribution in [-0.2, 0) is 42.7 Å². The Morgan fingerprint density at radius 2 is 0.932 bits per heavy atom. The van der Waals surface area contributed by atoms with Crippen LogP contribution in [0.4, 0.5) is 0 Å². The normalized spacial score (nSPS) is 16.1. The van der Waals surface area contributed by atoms with Crippen LogP contribution in [0.2, 0.25) is 0 Å². The van der Waals surface area contributed by atoms with Crippen LogP contribution < -0.4 is 16.8 Å². The maximum Gasteiger partial charge on any atom is 0.262 e. The number of ether oxygens (including phenoxy) is 7. The molecule has 0 bridgehead atoms. The van der Waals surface area contributed by atoms with Gasteiger partial charge in [0.15, 0.2) is 0 Å². The monoisotopic (exact) mass is 626 g/mol. The molecule has 1 fully saturated rings. The molecule has 15 nitrogen and oxygen atoms in total. The number of amides is 4. The van der Waals surface area contributed by atoms with Crippen LogP contribution in [0.15, 0.2) is 24.3 Å². The van der Waals surface area contributed by atoms with Crippen LogP contribution in [0.3, 0.4) is 0 Å². The highest BCUT2D eigenvalue weighted by molar-refractivity contribution is 6.23. The number of rotatable bonds is 23. The van der Waals surface area contributed by atoms with Crippen molar-refractivity contribution in [1.29, 1.82) is 0 Å². The third-order valence-corrected chi connectivity index (χ3v) is 6.10. The molecule has 2 heterocycles. The molecule has 2 aliphatic heterocycles. The zero-order valence-electron chi connectivity index (χ0n) is 25.2. The molecule has 248 valence electrons. The van der Waals surface area contributed by atoms with E-state index in [1.165, 1.54) is 0 Å². The Morgan fingerprint density at radius 3 is 1.25 bits per heavy atom. The zero-order chi connectivity index (χ0) is 31.8. The van der Waals surface area contributed by atoms with Crippen molar-refractivity contribution in [3.05, 3.63) is 35.4 Å². The number of hydrogen-bond acceptors (Lipinski definition) is 13. The second kappa shape index (κ2) is 23.5. The lowest BCUT2D eigenvalue weighted by molar-refractivity contribution is -0.136. The van der Waals surface area contributed by atoms with Crippen LogP contribution in [0.1, 0.15) is 33.6 Å². The third-order valence-electron chi connectivity index (χ3n) is 6.10. The molecule has 0 aromatic heterocycles. The third kappa shape index (κ3) is 14.3. The molecule has 0 aliphatic carbocycles. The number of hydrogen-bond donors (Lipinski definition) is 3. The average Bonchev–Trinajstić information content (AvgIpc) is 3.27. The molecule has 5 N–H and O–H groups in total. The first-order valence-electron chi connectivity index (χ1n) is 14.8. The average molecular weight is 627 g/mol. The predicted molar refractivity (Wildman–Crippen MR) is 157 cm³/mol. The molecule has 2 aliphatic rings. The van der Waals surface area contributed by atoms with Crippen molar-refractivity contribution in [2.24, 2.45) is 11.5 Å². The largest absolute Gasteiger partial charge is 0.378 e. The molecule has 1 aromatic carbocycles. The maximum absolute atomic E-state index is 12.2. The van der Waals surface area contributed by atoms with Crippen LogP contribution in [0.25, 0.3) is 0 Å². The van der Waals surface area contributed by atoms with Gasteiger partial charge in [0.05, 0.1) is 104 Å². The molecule has 1 aromatic rings. The van der Waals surface area contributed by atoms with E-state index in [0.29, 0.717) is 117 Å². The summed E-state index contributed by atoms with van der Waals surface area (Å²) in [5, 5.41) is 2.15. The second-order valence-corrected chi connectivity index (χ2v) is 9.36. The summed E-state index contributed by atoms with van der Waals surface area (Å²) < 4.78 is 37.1. The Hall–Kier alpha value is -2.86. The SMILES string of the molecule is NCCOCCOCCOCCOCCOCCOCCOCCN.O=C1CCC(N2C(=O)c3ccccc3C2=O)C(=O)N1. The summed E-state index contributed by atoms with van der Waals surface area (Å²) in [4.78, 5) is 48.1. The molecule has 15 heteroatoms. The van der Waals surface area contributed by atoms with E-state index in [0.717, 1.165) is 4.90 Å². The van der Waals surface area contributed by atoms with Crippen LogP contribution >= 0.6 is 0 Å². The van der Waals surface area contributed by atoms with Gasteiger partial charge in [0.2, 0.25) is 11.8 Å². The van der Waals surface area contributed by atoms with Gasteiger partial charge in [-0.05, 0) is 18.6 Å². The minimum atomic E-state index is -0.898. The summed E-state index contributed by atoms with van der Waals surface area (Å²) in [6.07, 6.45) is 0.306. The van der Waals surface area contributed by atoms with Gasteiger partial charge in [0.1, 0.15) is 6.04 Å². The van der Waals surface area contributed by atoms with E-state index in [1.54, 1.807) is 24.3 Å². The number of fused-ring (bicyclic) bond motifs is 1. The molecule has 1 saturated heterocycles. The summed E-state index contributed by atoms with van der Waals surface area (Å²) in [5.41, 5.74) is 11.2. The fourth-order valence-electron chi connectivity index (χ4n) is 4.01. The number of piperidine rings is 1. The Balaban J connectivity index is 0.000000315. The lowest BCUT2D eigenvalue weighted by Crippen LogP contribution is -2.54. The minimum Gasteiger partial charge on any atom is -0.378 e. The first-order chi connectivity index (χ1) is 21.5. The van der Waals surface area contributed by atoms with Gasteiger partial charge in [-0.1, -0.05) is 12.1 Å². The summed E-state index contributed by atoms with van der Waals surface area (Å²) >= 11 is 0. The smallest absolute Gasteiger partial charge is 0.262 e. The zero-order valence-corrected chi connectivity index (χ0v) is 25.2. The molecule has 44 heavy (non-hydrogen) atoms. The molecule has 4 amide bonds. The lowest BCUT2D eigenvalue weighted by Gasteiger charge is -2.27. The van der Waals surface area contributed by atoms with Crippen molar-refractivity contribution in [3.8, 4) is 0 Å². The maximum atomic E-state index is 12.2. The molecule has 1 atom stereocenters. The van der Waals surface area contributed by atoms with Gasteiger partial charge in [0.25, 0.3) is 11.8 Å². The highest BCUT2D eigenvalue weighted by atomic mass is 16.6. The standard InChI is InChI=1S/C16H36N2O7.C13H10N2O4/c17-1-3-19-5-7-21-9-11-23-13-15-25-16-14-24-12-10-22-8-6-20-4-2-18;16-10-6-5-9(11(17)14-10)15-12(18)7-3-1-2-4-8(7)13(15)19/h1-18H2;1-4,9H,5-6H2,(H,14,16,17). The van der Waals surface area contributed by atoms with Gasteiger partial charge in [-0.2, -0.15) is 0 Å². The Kier molecular flexibility index (Phi) is 19.9. The van der Waals surface area contributed by atoms with E-state index in [1.807, 2.05) is 0 Å². The highest BCUT2D eigenvalue weighted by Gasteiger charge is 2.44. The number of nitrogens with one attached hydrogen (secondary N) is 1. The molecule has 3 rings (SSSR count). The highest BCUT2D eigenvalue weighted by Crippen LogP contribution is 2.27. The van der Waals surface area contributed by atoms with E-state index < -0.39 is 23.8 Å². The molecule has 0 spiro atoms. The number of nitrogens with two attached hydrogens (primary N) is 2. The number of benzene rings is 1. The second-order valence-electron chi connectivity index (χ2n) is 9.36. The van der Waals surface area contributed by atoms with Crippen molar-refractivity contribution in [3.63, 3.8) is 0 Å². The van der Waals surface area contributed by atoms with Gasteiger partial charge in [-0.25, -0.2) is 0 Å². The summed E-state index contributed by atoms with van der Waals surface area (Å²) in [6.45, 7) is 8.79. The van der Waals surface area contributed by atoms with Crippen molar-refractivity contribution >= 4 is 23.6 Å². The molecular weight excluding hydrogens is 580 g/mol. The minimum absolute atomic E-state index is 0.129. The van der Waals surface area contributed by atoms with E-state index in [-0.39, 0.29) is 18.7 Å². The van der Waals surface area contributed by atoms with E-state index in [9.17, 15) is 19.2 Å². The van der Waals surface area contributed by atoms with E-state index in [4.69, 9.17) is 44.6 Å². The predicted octanol–water partition coefficient (Wildman–Crippen LogP) is -0.892. The Morgan fingerprint density at radius 1 is 0.591 bits per heavy atom. The van der Waals surface area contributed by atoms with Gasteiger partial charge in [0, 0.05) is 19.5 Å². The van der Waals surface area contributed by atoms with Crippen molar-refractivity contribution in [2.75, 3.05) is 106 Å². The van der Waals surface area contributed by atoms with Gasteiger partial charge >= 0.3 is 0 Å². The fraction of sp³-hybridized carbons (Fsp3) is 0.655. The lowest BCUT2D eigenvalue weighted by atomic mass is 10.0. The fourth-order valence-corrected chi connectivity index (χ4v) is 4.01. The van der Waals surface area contributed by atoms with Crippen molar-refractivity contribution < 1.29 is 52.3 Å². The van der Waals surface area contributed by atoms with E-state index in [2.05, 4.69) is 5.32 Å². The Labute approximate surface area is 257 Å². The summed E-state index contributed by atoms with van der Waals surface area (Å²) in [7, 11) is 0. The number of carbonyl (C=O) groups excluding carboxylic acids is 4. The van der Waals surface area contributed by atoms with Crippen LogP contribution in [-0.4, -0.2) is 140 Å². The number of imide groups is 2. The van der Waals surface area contributed by atoms with Gasteiger partial charge in [-0.15, -0.1) is 0 Å². The molecule has 1 unspecified atom stereocenters. The molecule has 0 saturated carbocycles. The summed E-state index contributed by atoms with van der Waals surface area (Å²) in [6, 6.07) is 5.55. The van der Waals surface area contributed by atoms with Crippen LogP contribution in [0.5, 0.6) is 0 Å². The van der Waals surface area contributed by atoms with Gasteiger partial charge < -0.3 is 44.6 Å². The summed E-state index contributed by atoms with van der Waals surface area (Å²) in [5.74, 6) is -1.92.